The SMILES string of the molecule is CC.Cc1cccc(SC(C)(C)C(C)(C)C(C)(C)C)c1. The molecule has 116 valence electrons. The Morgan fingerprint density at radius 3 is 1.75 bits per heavy atom. The Bertz CT molecular complexity index is 408. The van der Waals surface area contributed by atoms with Gasteiger partial charge in [-0.15, -0.1) is 11.8 Å². The van der Waals surface area contributed by atoms with Gasteiger partial charge < -0.3 is 0 Å². The predicted octanol–water partition coefficient (Wildman–Crippen LogP) is 6.96. The van der Waals surface area contributed by atoms with Crippen molar-refractivity contribution < 1.29 is 0 Å². The van der Waals surface area contributed by atoms with Crippen LogP contribution in [0.4, 0.5) is 0 Å². The molecular weight excluding hydrogens is 260 g/mol. The van der Waals surface area contributed by atoms with Crippen LogP contribution < -0.4 is 0 Å². The maximum absolute atomic E-state index is 2.38. The van der Waals surface area contributed by atoms with Gasteiger partial charge in [0, 0.05) is 9.64 Å². The Kier molecular flexibility index (Phi) is 6.87. The average molecular weight is 295 g/mol. The monoisotopic (exact) mass is 294 g/mol. The summed E-state index contributed by atoms with van der Waals surface area (Å²) in [5, 5.41) is 0. The van der Waals surface area contributed by atoms with E-state index in [1.54, 1.807) is 0 Å². The molecule has 0 radical (unpaired) electrons. The molecule has 0 saturated carbocycles. The first kappa shape index (κ1) is 19.6. The fourth-order valence-corrected chi connectivity index (χ4v) is 3.55. The second-order valence-electron chi connectivity index (χ2n) is 7.30. The molecule has 0 heterocycles. The molecule has 0 saturated heterocycles. The van der Waals surface area contributed by atoms with E-state index in [2.05, 4.69) is 79.7 Å². The molecule has 1 heteroatoms. The highest BCUT2D eigenvalue weighted by Gasteiger charge is 2.45. The minimum absolute atomic E-state index is 0.193. The highest BCUT2D eigenvalue weighted by molar-refractivity contribution is 8.00. The fourth-order valence-electron chi connectivity index (χ4n) is 2.00. The third kappa shape index (κ3) is 4.55. The Balaban J connectivity index is 0.00000172. The number of thioether (sulfide) groups is 1. The fraction of sp³-hybridized carbons (Fsp3) is 0.684. The van der Waals surface area contributed by atoms with Gasteiger partial charge in [-0.1, -0.05) is 66.2 Å². The predicted molar refractivity (Wildman–Crippen MR) is 95.7 cm³/mol. The van der Waals surface area contributed by atoms with E-state index in [-0.39, 0.29) is 15.6 Å². The van der Waals surface area contributed by atoms with Crippen molar-refractivity contribution in [2.24, 2.45) is 10.8 Å². The lowest BCUT2D eigenvalue weighted by Gasteiger charge is -2.50. The van der Waals surface area contributed by atoms with Gasteiger partial charge in [0.1, 0.15) is 0 Å². The standard InChI is InChI=1S/C17H28S.C2H6/c1-13-10-9-11-14(12-13)18-17(7,8)16(5,6)15(2,3)4;1-2/h9-12H,1-8H3;1-2H3. The van der Waals surface area contributed by atoms with E-state index in [0.29, 0.717) is 0 Å². The van der Waals surface area contributed by atoms with E-state index in [1.165, 1.54) is 10.5 Å². The highest BCUT2D eigenvalue weighted by atomic mass is 32.2. The molecule has 0 aromatic heterocycles. The summed E-state index contributed by atoms with van der Waals surface area (Å²) in [6.45, 7) is 22.7. The zero-order valence-electron chi connectivity index (χ0n) is 15.2. The third-order valence-corrected chi connectivity index (χ3v) is 6.25. The van der Waals surface area contributed by atoms with Crippen LogP contribution in [0.25, 0.3) is 0 Å². The van der Waals surface area contributed by atoms with Gasteiger partial charge in [0.2, 0.25) is 0 Å². The maximum atomic E-state index is 2.38. The van der Waals surface area contributed by atoms with Gasteiger partial charge in [-0.05, 0) is 43.7 Å². The van der Waals surface area contributed by atoms with Crippen molar-refractivity contribution in [1.29, 1.82) is 0 Å². The van der Waals surface area contributed by atoms with E-state index >= 15 is 0 Å². The lowest BCUT2D eigenvalue weighted by molar-refractivity contribution is 0.0934. The molecule has 0 N–H and O–H groups in total. The number of hydrogen-bond donors (Lipinski definition) is 0. The topological polar surface area (TPSA) is 0 Å². The summed E-state index contributed by atoms with van der Waals surface area (Å²) in [7, 11) is 0. The van der Waals surface area contributed by atoms with Gasteiger partial charge in [-0.2, -0.15) is 0 Å². The number of benzene rings is 1. The Morgan fingerprint density at radius 2 is 1.35 bits per heavy atom. The van der Waals surface area contributed by atoms with E-state index in [9.17, 15) is 0 Å². The smallest absolute Gasteiger partial charge is 0.0206 e. The van der Waals surface area contributed by atoms with Gasteiger partial charge in [0.15, 0.2) is 0 Å². The summed E-state index contributed by atoms with van der Waals surface area (Å²) in [4.78, 5) is 1.37. The zero-order chi connectivity index (χ0) is 16.2. The van der Waals surface area contributed by atoms with Crippen LogP contribution >= 0.6 is 11.8 Å². The van der Waals surface area contributed by atoms with Crippen molar-refractivity contribution >= 4 is 11.8 Å². The molecular formula is C19H34S. The largest absolute Gasteiger partial charge is 0.119 e. The third-order valence-electron chi connectivity index (χ3n) is 4.74. The summed E-state index contributed by atoms with van der Waals surface area (Å²) in [5.74, 6) is 0. The molecule has 1 aromatic carbocycles. The average Bonchev–Trinajstić information content (AvgIpc) is 2.29. The van der Waals surface area contributed by atoms with E-state index in [1.807, 2.05) is 25.6 Å². The molecule has 0 atom stereocenters. The summed E-state index contributed by atoms with van der Waals surface area (Å²) < 4.78 is 0.193. The van der Waals surface area contributed by atoms with E-state index in [4.69, 9.17) is 0 Å². The van der Waals surface area contributed by atoms with Gasteiger partial charge >= 0.3 is 0 Å². The van der Waals surface area contributed by atoms with Crippen LogP contribution in [0.1, 0.15) is 67.9 Å². The zero-order valence-corrected chi connectivity index (χ0v) is 16.0. The quantitative estimate of drug-likeness (QED) is 0.543. The van der Waals surface area contributed by atoms with Crippen LogP contribution in [0.3, 0.4) is 0 Å². The van der Waals surface area contributed by atoms with Crippen molar-refractivity contribution in [3.8, 4) is 0 Å². The van der Waals surface area contributed by atoms with Crippen molar-refractivity contribution in [3.05, 3.63) is 29.8 Å². The molecule has 0 amide bonds. The first-order chi connectivity index (χ1) is 8.97. The minimum atomic E-state index is 0.193. The van der Waals surface area contributed by atoms with Crippen molar-refractivity contribution in [1.82, 2.24) is 0 Å². The van der Waals surface area contributed by atoms with Crippen molar-refractivity contribution in [3.63, 3.8) is 0 Å². The minimum Gasteiger partial charge on any atom is -0.119 e. The first-order valence-corrected chi connectivity index (χ1v) is 8.55. The normalized spacial score (nSPS) is 12.7. The Morgan fingerprint density at radius 1 is 0.850 bits per heavy atom. The lowest BCUT2D eigenvalue weighted by atomic mass is 9.63. The lowest BCUT2D eigenvalue weighted by Crippen LogP contribution is -2.45. The maximum Gasteiger partial charge on any atom is 0.0206 e. The molecule has 1 rings (SSSR count). The van der Waals surface area contributed by atoms with Crippen LogP contribution in [0, 0.1) is 17.8 Å². The highest BCUT2D eigenvalue weighted by Crippen LogP contribution is 2.54. The first-order valence-electron chi connectivity index (χ1n) is 7.73. The molecule has 0 spiro atoms. The molecule has 1 aromatic rings. The Labute approximate surface area is 131 Å². The van der Waals surface area contributed by atoms with Crippen LogP contribution in [0.5, 0.6) is 0 Å². The van der Waals surface area contributed by atoms with Crippen LogP contribution in [-0.4, -0.2) is 4.75 Å². The van der Waals surface area contributed by atoms with Gasteiger partial charge in [0.25, 0.3) is 0 Å². The second kappa shape index (κ2) is 7.02. The number of rotatable bonds is 3. The second-order valence-corrected chi connectivity index (χ2v) is 9.00. The van der Waals surface area contributed by atoms with Crippen LogP contribution in [0.15, 0.2) is 29.2 Å². The van der Waals surface area contributed by atoms with Gasteiger partial charge in [-0.25, -0.2) is 0 Å². The summed E-state index contributed by atoms with van der Waals surface area (Å²) in [6, 6.07) is 8.81. The van der Waals surface area contributed by atoms with Crippen molar-refractivity contribution in [2.45, 2.75) is 78.9 Å². The number of aryl methyl sites for hydroxylation is 1. The molecule has 0 bridgehead atoms. The summed E-state index contributed by atoms with van der Waals surface area (Å²) >= 11 is 1.99. The summed E-state index contributed by atoms with van der Waals surface area (Å²) in [5.41, 5.74) is 1.87. The molecule has 0 nitrogen and oxygen atoms in total. The molecule has 0 aliphatic heterocycles. The molecule has 0 fully saturated rings. The van der Waals surface area contributed by atoms with Gasteiger partial charge in [-0.3, -0.25) is 0 Å². The molecule has 20 heavy (non-hydrogen) atoms. The van der Waals surface area contributed by atoms with Gasteiger partial charge in [0.05, 0.1) is 0 Å². The number of hydrogen-bond acceptors (Lipinski definition) is 1. The molecule has 0 aliphatic rings. The summed E-state index contributed by atoms with van der Waals surface area (Å²) in [6.07, 6.45) is 0. The molecule has 0 unspecified atom stereocenters. The van der Waals surface area contributed by atoms with E-state index < -0.39 is 0 Å². The molecule has 0 aliphatic carbocycles. The van der Waals surface area contributed by atoms with Crippen LogP contribution in [0.2, 0.25) is 0 Å². The van der Waals surface area contributed by atoms with Crippen molar-refractivity contribution in [2.75, 3.05) is 0 Å². The van der Waals surface area contributed by atoms with Crippen LogP contribution in [-0.2, 0) is 0 Å². The van der Waals surface area contributed by atoms with E-state index in [0.717, 1.165) is 0 Å². The Hall–Kier alpha value is -0.430.